The highest BCUT2D eigenvalue weighted by Gasteiger charge is 2.54. The molecule has 3 rings (SSSR count). The van der Waals surface area contributed by atoms with Gasteiger partial charge < -0.3 is 4.90 Å². The first-order chi connectivity index (χ1) is 10.9. The number of sulfonamides is 1. The Morgan fingerprint density at radius 2 is 1.74 bits per heavy atom. The summed E-state index contributed by atoms with van der Waals surface area (Å²) in [5.74, 6) is 0.284. The van der Waals surface area contributed by atoms with Crippen LogP contribution in [-0.4, -0.2) is 80.0 Å². The average molecular weight is 343 g/mol. The summed E-state index contributed by atoms with van der Waals surface area (Å²) in [5, 5.41) is 0. The highest BCUT2D eigenvalue weighted by atomic mass is 32.2. The minimum atomic E-state index is -3.19. The predicted molar refractivity (Wildman–Crippen MR) is 89.5 cm³/mol. The fourth-order valence-corrected chi connectivity index (χ4v) is 5.63. The molecule has 0 saturated carbocycles. The van der Waals surface area contributed by atoms with E-state index in [2.05, 4.69) is 11.8 Å². The van der Waals surface area contributed by atoms with Gasteiger partial charge in [0.2, 0.25) is 15.9 Å². The zero-order valence-electron chi connectivity index (χ0n) is 14.3. The zero-order chi connectivity index (χ0) is 16.7. The van der Waals surface area contributed by atoms with Gasteiger partial charge in [0.25, 0.3) is 0 Å². The topological polar surface area (TPSA) is 60.9 Å². The first-order valence-corrected chi connectivity index (χ1v) is 10.7. The molecule has 0 bridgehead atoms. The molecule has 3 saturated heterocycles. The van der Waals surface area contributed by atoms with Gasteiger partial charge in [0.15, 0.2) is 0 Å². The number of hydrogen-bond donors (Lipinski definition) is 0. The van der Waals surface area contributed by atoms with E-state index in [-0.39, 0.29) is 17.4 Å². The lowest BCUT2D eigenvalue weighted by Gasteiger charge is -2.38. The molecule has 3 aliphatic rings. The summed E-state index contributed by atoms with van der Waals surface area (Å²) in [4.78, 5) is 17.7. The van der Waals surface area contributed by atoms with Gasteiger partial charge in [-0.15, -0.1) is 0 Å². The first kappa shape index (κ1) is 17.2. The summed E-state index contributed by atoms with van der Waals surface area (Å²) < 4.78 is 25.5. The number of fused-ring (bicyclic) bond motifs is 1. The normalized spacial score (nSPS) is 33.7. The highest BCUT2D eigenvalue weighted by Crippen LogP contribution is 2.45. The molecule has 0 unspecified atom stereocenters. The van der Waals surface area contributed by atoms with E-state index in [4.69, 9.17) is 0 Å². The maximum Gasteiger partial charge on any atom is 0.230 e. The molecule has 23 heavy (non-hydrogen) atoms. The van der Waals surface area contributed by atoms with Crippen LogP contribution in [0.2, 0.25) is 0 Å². The molecule has 3 fully saturated rings. The van der Waals surface area contributed by atoms with Gasteiger partial charge in [0, 0.05) is 32.2 Å². The van der Waals surface area contributed by atoms with Gasteiger partial charge in [-0.25, -0.2) is 12.7 Å². The second kappa shape index (κ2) is 6.33. The van der Waals surface area contributed by atoms with Crippen molar-refractivity contribution < 1.29 is 13.2 Å². The average Bonchev–Trinajstić information content (AvgIpc) is 3.10. The van der Waals surface area contributed by atoms with E-state index in [0.29, 0.717) is 19.5 Å². The van der Waals surface area contributed by atoms with Crippen LogP contribution in [-0.2, 0) is 14.8 Å². The molecule has 0 radical (unpaired) electrons. The van der Waals surface area contributed by atoms with E-state index in [1.807, 2.05) is 4.90 Å². The summed E-state index contributed by atoms with van der Waals surface area (Å²) in [5.41, 5.74) is -0.375. The van der Waals surface area contributed by atoms with Crippen LogP contribution < -0.4 is 0 Å². The molecule has 0 aromatic heterocycles. The summed E-state index contributed by atoms with van der Waals surface area (Å²) in [6.45, 7) is 6.78. The molecule has 7 heteroatoms. The molecule has 3 heterocycles. The zero-order valence-corrected chi connectivity index (χ0v) is 15.1. The molecule has 2 atom stereocenters. The summed E-state index contributed by atoms with van der Waals surface area (Å²) in [7, 11) is -3.19. The fraction of sp³-hybridized carbons (Fsp3) is 0.938. The lowest BCUT2D eigenvalue weighted by molar-refractivity contribution is -0.143. The van der Waals surface area contributed by atoms with Crippen molar-refractivity contribution in [2.45, 2.75) is 45.1 Å². The summed E-state index contributed by atoms with van der Waals surface area (Å²) in [6, 6.07) is 0.187. The number of carbonyl (C=O) groups excluding carboxylic acids is 1. The third-order valence-electron chi connectivity index (χ3n) is 6.08. The molecule has 6 nitrogen and oxygen atoms in total. The van der Waals surface area contributed by atoms with Crippen molar-refractivity contribution in [1.29, 1.82) is 0 Å². The van der Waals surface area contributed by atoms with Gasteiger partial charge in [-0.3, -0.25) is 9.69 Å². The SMILES string of the molecule is CCN1CC[C@@]2(C(=O)N3CCCC3)CCN(S(C)(=O)=O)CC[C@@H]12. The lowest BCUT2D eigenvalue weighted by Crippen LogP contribution is -2.50. The molecule has 0 N–H and O–H groups in total. The number of rotatable bonds is 3. The largest absolute Gasteiger partial charge is 0.342 e. The van der Waals surface area contributed by atoms with E-state index in [0.717, 1.165) is 51.9 Å². The molecule has 0 aromatic rings. The van der Waals surface area contributed by atoms with Crippen LogP contribution in [0, 0.1) is 5.41 Å². The van der Waals surface area contributed by atoms with Gasteiger partial charge >= 0.3 is 0 Å². The summed E-state index contributed by atoms with van der Waals surface area (Å²) in [6.07, 6.45) is 5.77. The molecule has 1 amide bonds. The minimum absolute atomic E-state index is 0.187. The number of likely N-dealkylation sites (tertiary alicyclic amines) is 2. The second-order valence-corrected chi connectivity index (χ2v) is 9.23. The van der Waals surface area contributed by atoms with E-state index in [1.54, 1.807) is 4.31 Å². The third kappa shape index (κ3) is 3.03. The minimum Gasteiger partial charge on any atom is -0.342 e. The van der Waals surface area contributed by atoms with Crippen molar-refractivity contribution in [3.63, 3.8) is 0 Å². The maximum atomic E-state index is 13.3. The van der Waals surface area contributed by atoms with Crippen LogP contribution in [0.1, 0.15) is 39.0 Å². The van der Waals surface area contributed by atoms with E-state index in [9.17, 15) is 13.2 Å². The van der Waals surface area contributed by atoms with Crippen LogP contribution in [0.25, 0.3) is 0 Å². The number of hydrogen-bond acceptors (Lipinski definition) is 4. The number of amides is 1. The van der Waals surface area contributed by atoms with Crippen molar-refractivity contribution >= 4 is 15.9 Å². The molecule has 132 valence electrons. The quantitative estimate of drug-likeness (QED) is 0.758. The van der Waals surface area contributed by atoms with Crippen molar-refractivity contribution in [2.24, 2.45) is 5.41 Å². The Morgan fingerprint density at radius 3 is 2.35 bits per heavy atom. The smallest absolute Gasteiger partial charge is 0.230 e. The van der Waals surface area contributed by atoms with Crippen LogP contribution in [0.5, 0.6) is 0 Å². The van der Waals surface area contributed by atoms with Gasteiger partial charge in [-0.05, 0) is 45.2 Å². The van der Waals surface area contributed by atoms with Crippen LogP contribution in [0.15, 0.2) is 0 Å². The molecule has 0 aliphatic carbocycles. The van der Waals surface area contributed by atoms with Crippen molar-refractivity contribution in [3.8, 4) is 0 Å². The fourth-order valence-electron chi connectivity index (χ4n) is 4.77. The summed E-state index contributed by atoms with van der Waals surface area (Å²) >= 11 is 0. The Labute approximate surface area is 139 Å². The number of carbonyl (C=O) groups is 1. The predicted octanol–water partition coefficient (Wildman–Crippen LogP) is 0.745. The van der Waals surface area contributed by atoms with Crippen molar-refractivity contribution in [2.75, 3.05) is 45.5 Å². The van der Waals surface area contributed by atoms with Crippen LogP contribution in [0.3, 0.4) is 0 Å². The Bertz CT molecular complexity index is 559. The molecule has 0 aromatic carbocycles. The molecule has 3 aliphatic heterocycles. The Morgan fingerprint density at radius 1 is 1.09 bits per heavy atom. The second-order valence-electron chi connectivity index (χ2n) is 7.25. The Hall–Kier alpha value is -0.660. The molecular formula is C16H29N3O3S. The maximum absolute atomic E-state index is 13.3. The van der Waals surface area contributed by atoms with E-state index in [1.165, 1.54) is 6.26 Å². The van der Waals surface area contributed by atoms with Crippen molar-refractivity contribution in [3.05, 3.63) is 0 Å². The van der Waals surface area contributed by atoms with Gasteiger partial charge in [-0.1, -0.05) is 6.92 Å². The van der Waals surface area contributed by atoms with Crippen molar-refractivity contribution in [1.82, 2.24) is 14.1 Å². The van der Waals surface area contributed by atoms with E-state index >= 15 is 0 Å². The van der Waals surface area contributed by atoms with E-state index < -0.39 is 10.0 Å². The standard InChI is InChI=1S/C16H29N3O3S/c1-3-17-12-7-16(15(20)18-9-4-5-10-18)8-13-19(23(2,21)22)11-6-14(16)17/h14H,3-13H2,1-2H3/t14-,16-/m1/s1. The Kier molecular flexibility index (Phi) is 4.73. The molecule has 0 spiro atoms. The molecular weight excluding hydrogens is 314 g/mol. The monoisotopic (exact) mass is 343 g/mol. The lowest BCUT2D eigenvalue weighted by atomic mass is 9.75. The van der Waals surface area contributed by atoms with Gasteiger partial charge in [-0.2, -0.15) is 0 Å². The number of nitrogens with zero attached hydrogens (tertiary/aromatic N) is 3. The third-order valence-corrected chi connectivity index (χ3v) is 7.38. The van der Waals surface area contributed by atoms with Gasteiger partial charge in [0.05, 0.1) is 11.7 Å². The first-order valence-electron chi connectivity index (χ1n) is 8.87. The Balaban J connectivity index is 1.89. The van der Waals surface area contributed by atoms with Crippen LogP contribution in [0.4, 0.5) is 0 Å². The van der Waals surface area contributed by atoms with Gasteiger partial charge in [0.1, 0.15) is 0 Å². The van der Waals surface area contributed by atoms with Crippen LogP contribution >= 0.6 is 0 Å². The highest BCUT2D eigenvalue weighted by molar-refractivity contribution is 7.88.